The summed E-state index contributed by atoms with van der Waals surface area (Å²) in [5.41, 5.74) is 5.35. The van der Waals surface area contributed by atoms with E-state index in [0.29, 0.717) is 24.5 Å². The van der Waals surface area contributed by atoms with Crippen molar-refractivity contribution in [2.24, 2.45) is 0 Å². The van der Waals surface area contributed by atoms with Crippen molar-refractivity contribution in [2.45, 2.75) is 33.2 Å². The third-order valence-corrected chi connectivity index (χ3v) is 5.75. The summed E-state index contributed by atoms with van der Waals surface area (Å²) in [5.74, 6) is 0.305. The molecule has 0 aliphatic rings. The molecule has 5 aromatic rings. The molecule has 0 fully saturated rings. The molecule has 0 atom stereocenters. The quantitative estimate of drug-likeness (QED) is 0.332. The Labute approximate surface area is 197 Å². The Morgan fingerprint density at radius 1 is 1.09 bits per heavy atom. The predicted octanol–water partition coefficient (Wildman–Crippen LogP) is 5.00. The second kappa shape index (κ2) is 9.35. The van der Waals surface area contributed by atoms with Gasteiger partial charge in [-0.2, -0.15) is 10.2 Å². The van der Waals surface area contributed by atoms with Gasteiger partial charge in [0.15, 0.2) is 5.82 Å². The van der Waals surface area contributed by atoms with E-state index >= 15 is 0 Å². The summed E-state index contributed by atoms with van der Waals surface area (Å²) < 4.78 is 8.96. The average Bonchev–Trinajstić information content (AvgIpc) is 3.42. The zero-order valence-electron chi connectivity index (χ0n) is 19.2. The van der Waals surface area contributed by atoms with Crippen molar-refractivity contribution in [2.75, 3.05) is 11.9 Å². The fourth-order valence-electron chi connectivity index (χ4n) is 4.24. The Kier molecular flexibility index (Phi) is 5.95. The summed E-state index contributed by atoms with van der Waals surface area (Å²) in [6.45, 7) is 4.92. The van der Waals surface area contributed by atoms with Crippen LogP contribution in [0.5, 0.6) is 0 Å². The first-order chi connectivity index (χ1) is 16.7. The molecular weight excluding hydrogens is 428 g/mol. The largest absolute Gasteiger partial charge is 0.462 e. The number of esters is 1. The van der Waals surface area contributed by atoms with Crippen molar-refractivity contribution in [1.82, 2.24) is 24.4 Å². The van der Waals surface area contributed by atoms with Crippen LogP contribution in [0.1, 0.15) is 41.8 Å². The number of fused-ring (bicyclic) bond motifs is 2. The minimum atomic E-state index is -0.338. The molecule has 172 valence electrons. The van der Waals surface area contributed by atoms with E-state index in [1.54, 1.807) is 17.6 Å². The first-order valence-corrected chi connectivity index (χ1v) is 11.5. The number of aryl methyl sites for hydroxylation is 1. The fourth-order valence-corrected chi connectivity index (χ4v) is 4.24. The second-order valence-electron chi connectivity index (χ2n) is 8.08. The topological polar surface area (TPSA) is 86.3 Å². The Morgan fingerprint density at radius 2 is 1.94 bits per heavy atom. The number of hydrogen-bond donors (Lipinski definition) is 1. The number of rotatable bonds is 8. The van der Waals surface area contributed by atoms with Gasteiger partial charge in [0.1, 0.15) is 11.8 Å². The van der Waals surface area contributed by atoms with Gasteiger partial charge in [0.05, 0.1) is 30.4 Å². The van der Waals surface area contributed by atoms with E-state index in [1.165, 1.54) is 11.9 Å². The number of carbonyl (C=O) groups excluding carboxylic acids is 1. The maximum Gasteiger partial charge on any atom is 0.340 e. The number of carbonyl (C=O) groups is 1. The molecule has 0 aliphatic carbocycles. The van der Waals surface area contributed by atoms with Crippen LogP contribution in [0.25, 0.3) is 16.4 Å². The van der Waals surface area contributed by atoms with E-state index < -0.39 is 0 Å². The van der Waals surface area contributed by atoms with E-state index in [1.807, 2.05) is 35.1 Å². The van der Waals surface area contributed by atoms with Gasteiger partial charge in [0, 0.05) is 17.3 Å². The van der Waals surface area contributed by atoms with Crippen LogP contribution in [0.3, 0.4) is 0 Å². The summed E-state index contributed by atoms with van der Waals surface area (Å²) in [6, 6.07) is 16.4. The molecule has 0 spiro atoms. The van der Waals surface area contributed by atoms with Crippen molar-refractivity contribution in [1.29, 1.82) is 0 Å². The minimum Gasteiger partial charge on any atom is -0.462 e. The van der Waals surface area contributed by atoms with Crippen molar-refractivity contribution >= 4 is 33.9 Å². The molecule has 34 heavy (non-hydrogen) atoms. The predicted molar refractivity (Wildman–Crippen MR) is 131 cm³/mol. The number of anilines is 2. The Balaban J connectivity index is 1.49. The molecular formula is C26H26N6O2. The molecule has 0 saturated carbocycles. The maximum atomic E-state index is 12.5. The Morgan fingerprint density at radius 3 is 2.74 bits per heavy atom. The number of nitrogens with one attached hydrogen (secondary N) is 1. The van der Waals surface area contributed by atoms with E-state index in [0.717, 1.165) is 40.5 Å². The van der Waals surface area contributed by atoms with Gasteiger partial charge >= 0.3 is 5.97 Å². The van der Waals surface area contributed by atoms with Gasteiger partial charge in [-0.1, -0.05) is 43.7 Å². The molecule has 0 saturated heterocycles. The minimum absolute atomic E-state index is 0.325. The van der Waals surface area contributed by atoms with Gasteiger partial charge in [0.2, 0.25) is 0 Å². The van der Waals surface area contributed by atoms with Crippen LogP contribution in [-0.4, -0.2) is 37.0 Å². The van der Waals surface area contributed by atoms with Crippen molar-refractivity contribution in [3.05, 3.63) is 83.9 Å². The fraction of sp³-hybridized carbons (Fsp3) is 0.231. The van der Waals surface area contributed by atoms with E-state index in [2.05, 4.69) is 51.7 Å². The van der Waals surface area contributed by atoms with Crippen LogP contribution in [0.15, 0.2) is 67.3 Å². The van der Waals surface area contributed by atoms with Crippen LogP contribution in [0.4, 0.5) is 11.5 Å². The molecule has 0 aliphatic heterocycles. The van der Waals surface area contributed by atoms with Gasteiger partial charge in [-0.05, 0) is 42.7 Å². The molecule has 8 heteroatoms. The molecule has 0 bridgehead atoms. The van der Waals surface area contributed by atoms with Gasteiger partial charge in [-0.3, -0.25) is 4.68 Å². The first kappa shape index (κ1) is 21.6. The van der Waals surface area contributed by atoms with Crippen molar-refractivity contribution in [3.63, 3.8) is 0 Å². The Bertz CT molecular complexity index is 1450. The lowest BCUT2D eigenvalue weighted by atomic mass is 10.1. The van der Waals surface area contributed by atoms with Crippen LogP contribution in [0, 0.1) is 0 Å². The highest BCUT2D eigenvalue weighted by Gasteiger charge is 2.21. The molecule has 3 aromatic heterocycles. The van der Waals surface area contributed by atoms with Gasteiger partial charge in [-0.25, -0.2) is 14.3 Å². The summed E-state index contributed by atoms with van der Waals surface area (Å²) in [6.07, 6.45) is 6.68. The number of aromatic nitrogens is 5. The van der Waals surface area contributed by atoms with Crippen LogP contribution < -0.4 is 5.32 Å². The number of nitrogens with zero attached hydrogens (tertiary/aromatic N) is 5. The van der Waals surface area contributed by atoms with Crippen LogP contribution in [0.2, 0.25) is 0 Å². The number of benzene rings is 2. The van der Waals surface area contributed by atoms with E-state index in [4.69, 9.17) is 4.74 Å². The van der Waals surface area contributed by atoms with Crippen LogP contribution in [-0.2, 0) is 17.7 Å². The molecule has 0 amide bonds. The Hall–Kier alpha value is -4.20. The molecule has 1 N–H and O–H groups in total. The lowest BCUT2D eigenvalue weighted by molar-refractivity contribution is 0.0525. The molecule has 3 heterocycles. The lowest BCUT2D eigenvalue weighted by Crippen LogP contribution is -2.06. The third kappa shape index (κ3) is 4.10. The highest BCUT2D eigenvalue weighted by Crippen LogP contribution is 2.29. The summed E-state index contributed by atoms with van der Waals surface area (Å²) in [7, 11) is 0. The number of hydrogen-bond acceptors (Lipinski definition) is 6. The van der Waals surface area contributed by atoms with E-state index in [-0.39, 0.29) is 5.97 Å². The van der Waals surface area contributed by atoms with Crippen LogP contribution >= 0.6 is 0 Å². The summed E-state index contributed by atoms with van der Waals surface area (Å²) in [5, 5.41) is 13.4. The standard InChI is InChI=1S/C26H26N6O2/c1-3-8-21-22(26(33)34-4-2)16-32-24(21)25(27-17-29-32)30-20-11-12-23-19(13-20)14-28-31(23)15-18-9-6-5-7-10-18/h5-7,9-14,16-17H,3-4,8,15H2,1-2H3,(H,27,29,30). The average molecular weight is 455 g/mol. The molecule has 0 radical (unpaired) electrons. The van der Waals surface area contributed by atoms with Gasteiger partial charge in [-0.15, -0.1) is 0 Å². The smallest absolute Gasteiger partial charge is 0.340 e. The second-order valence-corrected chi connectivity index (χ2v) is 8.08. The summed E-state index contributed by atoms with van der Waals surface area (Å²) in [4.78, 5) is 17.0. The SMILES string of the molecule is CCCc1c(C(=O)OCC)cn2ncnc(Nc3ccc4c(cnn4Cc4ccccc4)c3)c12. The zero-order valence-corrected chi connectivity index (χ0v) is 19.2. The maximum absolute atomic E-state index is 12.5. The summed E-state index contributed by atoms with van der Waals surface area (Å²) >= 11 is 0. The van der Waals surface area contributed by atoms with Crippen molar-refractivity contribution in [3.8, 4) is 0 Å². The van der Waals surface area contributed by atoms with Gasteiger partial charge < -0.3 is 10.1 Å². The van der Waals surface area contributed by atoms with Crippen molar-refractivity contribution < 1.29 is 9.53 Å². The van der Waals surface area contributed by atoms with Gasteiger partial charge in [0.25, 0.3) is 0 Å². The first-order valence-electron chi connectivity index (χ1n) is 11.5. The molecule has 2 aromatic carbocycles. The highest BCUT2D eigenvalue weighted by atomic mass is 16.5. The molecule has 0 unspecified atom stereocenters. The van der Waals surface area contributed by atoms with E-state index in [9.17, 15) is 4.79 Å². The zero-order chi connectivity index (χ0) is 23.5. The normalized spacial score (nSPS) is 11.2. The molecule has 8 nitrogen and oxygen atoms in total. The third-order valence-electron chi connectivity index (χ3n) is 5.75. The lowest BCUT2D eigenvalue weighted by Gasteiger charge is -2.10. The molecule has 5 rings (SSSR count). The monoisotopic (exact) mass is 454 g/mol. The number of ether oxygens (including phenoxy) is 1. The highest BCUT2D eigenvalue weighted by molar-refractivity contribution is 5.96.